The van der Waals surface area contributed by atoms with Gasteiger partial charge in [-0.15, -0.1) is 0 Å². The molecule has 1 aliphatic rings. The van der Waals surface area contributed by atoms with Gasteiger partial charge in [-0.1, -0.05) is 55.1 Å². The minimum Gasteiger partial charge on any atom is -0.394 e. The van der Waals surface area contributed by atoms with Crippen LogP contribution in [0.4, 0.5) is 5.95 Å². The van der Waals surface area contributed by atoms with Crippen LogP contribution in [0, 0.1) is 0 Å². The third kappa shape index (κ3) is 5.00. The Morgan fingerprint density at radius 1 is 1.15 bits per heavy atom. The SMILES string of the molecule is C=Cc1cnc(N2CCC(NC(/C=C/c3ccccc3)CO)CC2)nc1. The molecule has 3 rings (SSSR count). The second-order valence-electron chi connectivity index (χ2n) is 6.51. The van der Waals surface area contributed by atoms with Crippen molar-refractivity contribution in [3.63, 3.8) is 0 Å². The van der Waals surface area contributed by atoms with Crippen molar-refractivity contribution in [3.05, 3.63) is 66.5 Å². The predicted octanol–water partition coefficient (Wildman–Crippen LogP) is 2.75. The lowest BCUT2D eigenvalue weighted by Gasteiger charge is -2.33. The molecule has 0 saturated carbocycles. The molecule has 1 aromatic heterocycles. The number of benzene rings is 1. The third-order valence-corrected chi connectivity index (χ3v) is 4.64. The fourth-order valence-corrected chi connectivity index (χ4v) is 3.11. The fraction of sp³-hybridized carbons (Fsp3) is 0.333. The van der Waals surface area contributed by atoms with Gasteiger partial charge in [-0.25, -0.2) is 9.97 Å². The number of aliphatic hydroxyl groups is 1. The lowest BCUT2D eigenvalue weighted by atomic mass is 10.0. The van der Waals surface area contributed by atoms with Crippen LogP contribution in [-0.4, -0.2) is 46.9 Å². The molecule has 26 heavy (non-hydrogen) atoms. The second kappa shape index (κ2) is 9.27. The molecule has 1 unspecified atom stereocenters. The van der Waals surface area contributed by atoms with E-state index in [9.17, 15) is 5.11 Å². The summed E-state index contributed by atoms with van der Waals surface area (Å²) in [6.07, 6.45) is 11.4. The average Bonchev–Trinajstić information content (AvgIpc) is 2.72. The van der Waals surface area contributed by atoms with Gasteiger partial charge in [-0.05, 0) is 18.4 Å². The highest BCUT2D eigenvalue weighted by atomic mass is 16.3. The molecule has 2 heterocycles. The number of hydrogen-bond acceptors (Lipinski definition) is 5. The molecule has 1 atom stereocenters. The van der Waals surface area contributed by atoms with Gasteiger partial charge >= 0.3 is 0 Å². The molecule has 5 heteroatoms. The van der Waals surface area contributed by atoms with Crippen LogP contribution in [0.15, 0.2) is 55.4 Å². The largest absolute Gasteiger partial charge is 0.394 e. The van der Waals surface area contributed by atoms with Crippen molar-refractivity contribution in [2.45, 2.75) is 24.9 Å². The Labute approximate surface area is 155 Å². The lowest BCUT2D eigenvalue weighted by Crippen LogP contribution is -2.47. The maximum atomic E-state index is 9.66. The van der Waals surface area contributed by atoms with Crippen molar-refractivity contribution in [1.82, 2.24) is 15.3 Å². The number of nitrogens with one attached hydrogen (secondary N) is 1. The highest BCUT2D eigenvalue weighted by molar-refractivity contribution is 5.49. The molecule has 0 amide bonds. The summed E-state index contributed by atoms with van der Waals surface area (Å²) in [5.41, 5.74) is 2.07. The van der Waals surface area contributed by atoms with Crippen molar-refractivity contribution in [1.29, 1.82) is 0 Å². The van der Waals surface area contributed by atoms with E-state index in [-0.39, 0.29) is 12.6 Å². The molecule has 1 aliphatic heterocycles. The minimum absolute atomic E-state index is 0.0325. The summed E-state index contributed by atoms with van der Waals surface area (Å²) < 4.78 is 0. The van der Waals surface area contributed by atoms with E-state index >= 15 is 0 Å². The molecular formula is C21H26N4O. The summed E-state index contributed by atoms with van der Waals surface area (Å²) in [6, 6.07) is 10.5. The van der Waals surface area contributed by atoms with Crippen LogP contribution in [0.5, 0.6) is 0 Å². The summed E-state index contributed by atoms with van der Waals surface area (Å²) in [6.45, 7) is 5.63. The number of nitrogens with zero attached hydrogens (tertiary/aromatic N) is 3. The number of aromatic nitrogens is 2. The van der Waals surface area contributed by atoms with E-state index in [1.54, 1.807) is 18.5 Å². The van der Waals surface area contributed by atoms with E-state index in [0.29, 0.717) is 6.04 Å². The Morgan fingerprint density at radius 3 is 2.46 bits per heavy atom. The van der Waals surface area contributed by atoms with Crippen LogP contribution in [0.2, 0.25) is 0 Å². The average molecular weight is 350 g/mol. The summed E-state index contributed by atoms with van der Waals surface area (Å²) in [4.78, 5) is 11.0. The van der Waals surface area contributed by atoms with Gasteiger partial charge in [0.2, 0.25) is 5.95 Å². The fourth-order valence-electron chi connectivity index (χ4n) is 3.11. The van der Waals surface area contributed by atoms with Crippen molar-refractivity contribution < 1.29 is 5.11 Å². The molecule has 1 saturated heterocycles. The molecule has 1 aromatic carbocycles. The molecular weight excluding hydrogens is 324 g/mol. The van der Waals surface area contributed by atoms with E-state index in [1.165, 1.54) is 0 Å². The lowest BCUT2D eigenvalue weighted by molar-refractivity contribution is 0.246. The van der Waals surface area contributed by atoms with Gasteiger partial charge < -0.3 is 15.3 Å². The van der Waals surface area contributed by atoms with Crippen LogP contribution in [-0.2, 0) is 0 Å². The van der Waals surface area contributed by atoms with Gasteiger partial charge in [0.25, 0.3) is 0 Å². The smallest absolute Gasteiger partial charge is 0.225 e. The summed E-state index contributed by atoms with van der Waals surface area (Å²) >= 11 is 0. The van der Waals surface area contributed by atoms with Crippen molar-refractivity contribution in [3.8, 4) is 0 Å². The standard InChI is InChI=1S/C21H26N4O/c1-2-17-14-22-21(23-15-17)25-12-10-19(11-13-25)24-20(16-26)9-8-18-6-4-3-5-7-18/h2-9,14-15,19-20,24,26H,1,10-13,16H2/b9-8+. The number of anilines is 1. The molecule has 0 spiro atoms. The Bertz CT molecular complexity index is 707. The monoisotopic (exact) mass is 350 g/mol. The summed E-state index contributed by atoms with van der Waals surface area (Å²) in [7, 11) is 0. The summed E-state index contributed by atoms with van der Waals surface area (Å²) in [5, 5.41) is 13.2. The highest BCUT2D eigenvalue weighted by Gasteiger charge is 2.22. The highest BCUT2D eigenvalue weighted by Crippen LogP contribution is 2.17. The molecule has 2 aromatic rings. The van der Waals surface area contributed by atoms with E-state index in [4.69, 9.17) is 0 Å². The van der Waals surface area contributed by atoms with Crippen LogP contribution in [0.1, 0.15) is 24.0 Å². The predicted molar refractivity (Wildman–Crippen MR) is 107 cm³/mol. The van der Waals surface area contributed by atoms with E-state index < -0.39 is 0 Å². The molecule has 0 radical (unpaired) electrons. The minimum atomic E-state index is -0.0325. The normalized spacial score (nSPS) is 16.7. The molecule has 2 N–H and O–H groups in total. The van der Waals surface area contributed by atoms with Crippen LogP contribution < -0.4 is 10.2 Å². The van der Waals surface area contributed by atoms with Crippen LogP contribution in [0.25, 0.3) is 12.2 Å². The van der Waals surface area contributed by atoms with E-state index in [0.717, 1.165) is 43.0 Å². The molecule has 0 aliphatic carbocycles. The zero-order valence-electron chi connectivity index (χ0n) is 15.0. The van der Waals surface area contributed by atoms with Crippen LogP contribution >= 0.6 is 0 Å². The number of piperidine rings is 1. The maximum absolute atomic E-state index is 9.66. The van der Waals surface area contributed by atoms with Gasteiger partial charge in [0, 0.05) is 43.1 Å². The van der Waals surface area contributed by atoms with Crippen molar-refractivity contribution >= 4 is 18.1 Å². The van der Waals surface area contributed by atoms with Gasteiger partial charge in [0.05, 0.1) is 6.61 Å². The Kier molecular flexibility index (Phi) is 6.52. The molecule has 0 bridgehead atoms. The van der Waals surface area contributed by atoms with Gasteiger partial charge in [0.1, 0.15) is 0 Å². The topological polar surface area (TPSA) is 61.3 Å². The van der Waals surface area contributed by atoms with E-state index in [2.05, 4.69) is 45.0 Å². The Hall–Kier alpha value is -2.50. The zero-order chi connectivity index (χ0) is 18.2. The zero-order valence-corrected chi connectivity index (χ0v) is 15.0. The van der Waals surface area contributed by atoms with Gasteiger partial charge in [-0.3, -0.25) is 0 Å². The molecule has 5 nitrogen and oxygen atoms in total. The number of hydrogen-bond donors (Lipinski definition) is 2. The number of aliphatic hydroxyl groups excluding tert-OH is 1. The van der Waals surface area contributed by atoms with Crippen LogP contribution in [0.3, 0.4) is 0 Å². The second-order valence-corrected chi connectivity index (χ2v) is 6.51. The van der Waals surface area contributed by atoms with Crippen molar-refractivity contribution in [2.75, 3.05) is 24.6 Å². The van der Waals surface area contributed by atoms with Crippen molar-refractivity contribution in [2.24, 2.45) is 0 Å². The maximum Gasteiger partial charge on any atom is 0.225 e. The number of rotatable bonds is 7. The summed E-state index contributed by atoms with van der Waals surface area (Å²) in [5.74, 6) is 0.775. The molecule has 136 valence electrons. The first kappa shape index (κ1) is 18.3. The van der Waals surface area contributed by atoms with Gasteiger partial charge in [0.15, 0.2) is 0 Å². The first-order chi connectivity index (χ1) is 12.8. The Morgan fingerprint density at radius 2 is 1.85 bits per heavy atom. The van der Waals surface area contributed by atoms with Gasteiger partial charge in [-0.2, -0.15) is 0 Å². The first-order valence-corrected chi connectivity index (χ1v) is 9.08. The Balaban J connectivity index is 1.50. The third-order valence-electron chi connectivity index (χ3n) is 4.64. The van der Waals surface area contributed by atoms with E-state index in [1.807, 2.05) is 24.3 Å². The molecule has 1 fully saturated rings. The quantitative estimate of drug-likeness (QED) is 0.804. The first-order valence-electron chi connectivity index (χ1n) is 9.08.